The first kappa shape index (κ1) is 12.2. The van der Waals surface area contributed by atoms with Gasteiger partial charge in [-0.1, -0.05) is 25.5 Å². The van der Waals surface area contributed by atoms with Crippen LogP contribution in [0, 0.1) is 23.2 Å². The highest BCUT2D eigenvalue weighted by atomic mass is 16.6. The molecule has 0 radical (unpaired) electrons. The lowest BCUT2D eigenvalue weighted by atomic mass is 9.55. The molecular formula is C15H22O3. The van der Waals surface area contributed by atoms with Gasteiger partial charge in [0.25, 0.3) is 0 Å². The van der Waals surface area contributed by atoms with Gasteiger partial charge in [-0.3, -0.25) is 4.79 Å². The molecule has 1 N–H and O–H groups in total. The summed E-state index contributed by atoms with van der Waals surface area (Å²) in [5, 5.41) is 10.3. The number of carbonyl (C=O) groups is 1. The van der Waals surface area contributed by atoms with Crippen LogP contribution < -0.4 is 0 Å². The van der Waals surface area contributed by atoms with E-state index in [0.29, 0.717) is 5.92 Å². The fourth-order valence-electron chi connectivity index (χ4n) is 4.37. The van der Waals surface area contributed by atoms with Crippen molar-refractivity contribution in [2.75, 3.05) is 0 Å². The maximum Gasteiger partial charge on any atom is 0.309 e. The standard InChI is InChI=1S/C15H22O3/c1-8-4-5-11(16)15(3)7-6-10-9(2)14(17)18-13(10)12(8)15/h4,9-13,16H,5-7H2,1-3H3/t9-,10+,11-,12-,13+,15+/m1/s1. The van der Waals surface area contributed by atoms with E-state index < -0.39 is 0 Å². The third-order valence-electron chi connectivity index (χ3n) is 5.66. The van der Waals surface area contributed by atoms with E-state index in [0.717, 1.165) is 19.3 Å². The van der Waals surface area contributed by atoms with Crippen LogP contribution in [0.1, 0.15) is 40.0 Å². The van der Waals surface area contributed by atoms with Gasteiger partial charge in [-0.25, -0.2) is 0 Å². The van der Waals surface area contributed by atoms with E-state index in [4.69, 9.17) is 4.74 Å². The Hall–Kier alpha value is -0.830. The minimum absolute atomic E-state index is 0.0163. The Morgan fingerprint density at radius 1 is 1.50 bits per heavy atom. The molecule has 3 nitrogen and oxygen atoms in total. The predicted molar refractivity (Wildman–Crippen MR) is 67.7 cm³/mol. The Labute approximate surface area is 108 Å². The van der Waals surface area contributed by atoms with Crippen LogP contribution in [0.3, 0.4) is 0 Å². The molecule has 3 rings (SSSR count). The lowest BCUT2D eigenvalue weighted by molar-refractivity contribution is -0.151. The number of carbonyl (C=O) groups excluding carboxylic acids is 1. The summed E-state index contributed by atoms with van der Waals surface area (Å²) in [6.45, 7) is 6.26. The summed E-state index contributed by atoms with van der Waals surface area (Å²) in [5.41, 5.74) is 1.17. The predicted octanol–water partition coefficient (Wildman–Crippen LogP) is 2.29. The molecule has 3 heteroatoms. The normalized spacial score (nSPS) is 51.2. The number of esters is 1. The van der Waals surface area contributed by atoms with Crippen LogP contribution >= 0.6 is 0 Å². The number of hydrogen-bond donors (Lipinski definition) is 1. The maximum atomic E-state index is 11.8. The Kier molecular flexibility index (Phi) is 2.60. The van der Waals surface area contributed by atoms with Crippen molar-refractivity contribution in [2.24, 2.45) is 23.2 Å². The summed E-state index contributed by atoms with van der Waals surface area (Å²) in [7, 11) is 0. The Morgan fingerprint density at radius 3 is 2.94 bits per heavy atom. The number of rotatable bonds is 0. The zero-order valence-electron chi connectivity index (χ0n) is 11.3. The second kappa shape index (κ2) is 3.83. The first-order valence-electron chi connectivity index (χ1n) is 7.00. The average Bonchev–Trinajstić information content (AvgIpc) is 2.60. The van der Waals surface area contributed by atoms with Crippen molar-refractivity contribution in [3.8, 4) is 0 Å². The molecule has 0 spiro atoms. The molecule has 2 fully saturated rings. The van der Waals surface area contributed by atoms with Crippen LogP contribution in [0.2, 0.25) is 0 Å². The zero-order chi connectivity index (χ0) is 13.1. The SMILES string of the molecule is CC1=CC[C@@H](O)[C@]2(C)CC[C@@H]3[C@H](OC(=O)[C@@H]3C)[C@@H]12. The van der Waals surface area contributed by atoms with Gasteiger partial charge in [-0.15, -0.1) is 0 Å². The van der Waals surface area contributed by atoms with Gasteiger partial charge >= 0.3 is 5.97 Å². The van der Waals surface area contributed by atoms with E-state index in [2.05, 4.69) is 19.9 Å². The van der Waals surface area contributed by atoms with Crippen LogP contribution in [0.15, 0.2) is 11.6 Å². The summed E-state index contributed by atoms with van der Waals surface area (Å²) < 4.78 is 5.64. The van der Waals surface area contributed by atoms with Crippen molar-refractivity contribution in [2.45, 2.75) is 52.2 Å². The molecule has 0 aromatic carbocycles. The number of fused-ring (bicyclic) bond motifs is 3. The highest BCUT2D eigenvalue weighted by Gasteiger charge is 2.58. The van der Waals surface area contributed by atoms with Crippen LogP contribution in [-0.4, -0.2) is 23.3 Å². The van der Waals surface area contributed by atoms with E-state index in [-0.39, 0.29) is 35.4 Å². The monoisotopic (exact) mass is 250 g/mol. The molecule has 1 aliphatic heterocycles. The van der Waals surface area contributed by atoms with Crippen molar-refractivity contribution in [3.05, 3.63) is 11.6 Å². The minimum Gasteiger partial charge on any atom is -0.461 e. The molecule has 18 heavy (non-hydrogen) atoms. The molecule has 2 aliphatic carbocycles. The number of ether oxygens (including phenoxy) is 1. The molecule has 100 valence electrons. The molecule has 0 aromatic rings. The van der Waals surface area contributed by atoms with Gasteiger partial charge in [0.15, 0.2) is 0 Å². The first-order chi connectivity index (χ1) is 8.45. The fraction of sp³-hybridized carbons (Fsp3) is 0.800. The van der Waals surface area contributed by atoms with Crippen LogP contribution in [-0.2, 0) is 9.53 Å². The number of hydrogen-bond acceptors (Lipinski definition) is 3. The topological polar surface area (TPSA) is 46.5 Å². The Morgan fingerprint density at radius 2 is 2.22 bits per heavy atom. The van der Waals surface area contributed by atoms with Gasteiger partial charge in [-0.2, -0.15) is 0 Å². The van der Waals surface area contributed by atoms with Crippen LogP contribution in [0.25, 0.3) is 0 Å². The van der Waals surface area contributed by atoms with Crippen molar-refractivity contribution >= 4 is 5.97 Å². The number of aliphatic hydroxyl groups excluding tert-OH is 1. The zero-order valence-corrected chi connectivity index (χ0v) is 11.3. The summed E-state index contributed by atoms with van der Waals surface area (Å²) in [5.74, 6) is 0.506. The minimum atomic E-state index is -0.304. The second-order valence-corrected chi connectivity index (χ2v) is 6.58. The van der Waals surface area contributed by atoms with Gasteiger partial charge in [-0.05, 0) is 26.2 Å². The lowest BCUT2D eigenvalue weighted by Gasteiger charge is -2.51. The molecule has 1 saturated carbocycles. The van der Waals surface area contributed by atoms with Gasteiger partial charge in [0.2, 0.25) is 0 Å². The van der Waals surface area contributed by atoms with Gasteiger partial charge in [0.1, 0.15) is 6.10 Å². The average molecular weight is 250 g/mol. The Bertz CT molecular complexity index is 414. The Balaban J connectivity index is 2.00. The van der Waals surface area contributed by atoms with E-state index in [1.54, 1.807) is 0 Å². The molecule has 1 saturated heterocycles. The summed E-state index contributed by atoms with van der Waals surface area (Å²) in [4.78, 5) is 11.8. The van der Waals surface area contributed by atoms with E-state index >= 15 is 0 Å². The third-order valence-corrected chi connectivity index (χ3v) is 5.66. The van der Waals surface area contributed by atoms with Crippen molar-refractivity contribution < 1.29 is 14.6 Å². The molecule has 1 heterocycles. The quantitative estimate of drug-likeness (QED) is 0.530. The smallest absolute Gasteiger partial charge is 0.309 e. The number of aliphatic hydroxyl groups is 1. The molecule has 6 atom stereocenters. The van der Waals surface area contributed by atoms with Crippen molar-refractivity contribution in [3.63, 3.8) is 0 Å². The molecular weight excluding hydrogens is 228 g/mol. The van der Waals surface area contributed by atoms with Crippen molar-refractivity contribution in [1.82, 2.24) is 0 Å². The molecule has 0 amide bonds. The van der Waals surface area contributed by atoms with Gasteiger partial charge < -0.3 is 9.84 Å². The molecule has 3 aliphatic rings. The largest absolute Gasteiger partial charge is 0.461 e. The van der Waals surface area contributed by atoms with Crippen molar-refractivity contribution in [1.29, 1.82) is 0 Å². The summed E-state index contributed by atoms with van der Waals surface area (Å²) in [6.07, 6.45) is 4.52. The van der Waals surface area contributed by atoms with Gasteiger partial charge in [0.05, 0.1) is 12.0 Å². The first-order valence-corrected chi connectivity index (χ1v) is 7.00. The lowest BCUT2D eigenvalue weighted by Crippen LogP contribution is -2.52. The highest BCUT2D eigenvalue weighted by molar-refractivity contribution is 5.75. The molecule has 0 unspecified atom stereocenters. The summed E-state index contributed by atoms with van der Waals surface area (Å²) >= 11 is 0. The maximum absolute atomic E-state index is 11.8. The van der Waals surface area contributed by atoms with Gasteiger partial charge in [0, 0.05) is 17.3 Å². The second-order valence-electron chi connectivity index (χ2n) is 6.58. The molecule has 0 aromatic heterocycles. The van der Waals surface area contributed by atoms with Crippen LogP contribution in [0.4, 0.5) is 0 Å². The molecule has 0 bridgehead atoms. The summed E-state index contributed by atoms with van der Waals surface area (Å²) in [6, 6.07) is 0. The van der Waals surface area contributed by atoms with E-state index in [9.17, 15) is 9.90 Å². The highest BCUT2D eigenvalue weighted by Crippen LogP contribution is 2.56. The van der Waals surface area contributed by atoms with Crippen LogP contribution in [0.5, 0.6) is 0 Å². The fourth-order valence-corrected chi connectivity index (χ4v) is 4.37. The van der Waals surface area contributed by atoms with E-state index in [1.807, 2.05) is 6.92 Å². The third kappa shape index (κ3) is 1.43. The van der Waals surface area contributed by atoms with E-state index in [1.165, 1.54) is 5.57 Å².